The number of ether oxygens (including phenoxy) is 2. The average Bonchev–Trinajstić information content (AvgIpc) is 2.74. The minimum atomic E-state index is -0.253. The summed E-state index contributed by atoms with van der Waals surface area (Å²) in [5.74, 6) is 0.420. The summed E-state index contributed by atoms with van der Waals surface area (Å²) in [6.07, 6.45) is 2.18. The van der Waals surface area contributed by atoms with Gasteiger partial charge in [0.05, 0.1) is 19.0 Å². The SMILES string of the molecule is COC(=O)Cc1cn(C)c2cc(OC(=S)N(C)C)ccc12. The number of nitrogens with zero attached hydrogens (tertiary/aromatic N) is 2. The van der Waals surface area contributed by atoms with Crippen LogP contribution in [0, 0.1) is 0 Å². The standard InChI is InChI=1S/C15H18N2O3S/c1-16(2)15(21)20-11-5-6-12-10(7-14(18)19-4)9-17(3)13(12)8-11/h5-6,8-9H,7H2,1-4H3. The van der Waals surface area contributed by atoms with Gasteiger partial charge in [-0.1, -0.05) is 0 Å². The van der Waals surface area contributed by atoms with E-state index in [9.17, 15) is 4.79 Å². The molecule has 0 radical (unpaired) electrons. The Balaban J connectivity index is 2.34. The molecule has 0 aliphatic heterocycles. The zero-order valence-electron chi connectivity index (χ0n) is 12.5. The van der Waals surface area contributed by atoms with Crippen molar-refractivity contribution in [3.05, 3.63) is 30.0 Å². The Kier molecular flexibility index (Phi) is 4.47. The number of methoxy groups -OCH3 is 1. The highest BCUT2D eigenvalue weighted by atomic mass is 32.1. The van der Waals surface area contributed by atoms with E-state index in [0.29, 0.717) is 10.9 Å². The highest BCUT2D eigenvalue weighted by Gasteiger charge is 2.12. The van der Waals surface area contributed by atoms with Crippen molar-refractivity contribution < 1.29 is 14.3 Å². The quantitative estimate of drug-likeness (QED) is 0.642. The van der Waals surface area contributed by atoms with Gasteiger partial charge in [-0.15, -0.1) is 0 Å². The lowest BCUT2D eigenvalue weighted by Crippen LogP contribution is -2.24. The summed E-state index contributed by atoms with van der Waals surface area (Å²) in [6.45, 7) is 0. The summed E-state index contributed by atoms with van der Waals surface area (Å²) in [5.41, 5.74) is 1.91. The molecule has 0 bridgehead atoms. The Morgan fingerprint density at radius 3 is 2.71 bits per heavy atom. The van der Waals surface area contributed by atoms with Crippen LogP contribution in [0.2, 0.25) is 0 Å². The maximum Gasteiger partial charge on any atom is 0.310 e. The topological polar surface area (TPSA) is 43.7 Å². The predicted octanol–water partition coefficient (Wildman–Crippen LogP) is 2.12. The maximum absolute atomic E-state index is 11.4. The molecule has 0 amide bonds. The molecule has 1 aromatic heterocycles. The van der Waals surface area contributed by atoms with Gasteiger partial charge in [-0.2, -0.15) is 0 Å². The lowest BCUT2D eigenvalue weighted by atomic mass is 10.1. The van der Waals surface area contributed by atoms with Crippen LogP contribution in [-0.4, -0.2) is 41.8 Å². The molecule has 2 aromatic rings. The van der Waals surface area contributed by atoms with E-state index in [0.717, 1.165) is 16.5 Å². The van der Waals surface area contributed by atoms with Gasteiger partial charge in [-0.3, -0.25) is 4.79 Å². The number of esters is 1. The molecular formula is C15H18N2O3S. The summed E-state index contributed by atoms with van der Waals surface area (Å²) in [7, 11) is 6.98. The number of thiocarbonyl (C=S) groups is 1. The molecule has 1 heterocycles. The number of aryl methyl sites for hydroxylation is 1. The van der Waals surface area contributed by atoms with Crippen molar-refractivity contribution in [1.29, 1.82) is 0 Å². The molecule has 0 spiro atoms. The molecule has 5 nitrogen and oxygen atoms in total. The van der Waals surface area contributed by atoms with Crippen molar-refractivity contribution in [2.24, 2.45) is 7.05 Å². The Bertz CT molecular complexity index is 692. The summed E-state index contributed by atoms with van der Waals surface area (Å²) < 4.78 is 12.3. The predicted molar refractivity (Wildman–Crippen MR) is 85.6 cm³/mol. The fourth-order valence-corrected chi connectivity index (χ4v) is 2.17. The van der Waals surface area contributed by atoms with E-state index >= 15 is 0 Å². The average molecular weight is 306 g/mol. The van der Waals surface area contributed by atoms with Gasteiger partial charge in [0.25, 0.3) is 5.17 Å². The smallest absolute Gasteiger partial charge is 0.310 e. The zero-order chi connectivity index (χ0) is 15.6. The molecule has 112 valence electrons. The first-order valence-electron chi connectivity index (χ1n) is 6.46. The van der Waals surface area contributed by atoms with Gasteiger partial charge >= 0.3 is 5.97 Å². The summed E-state index contributed by atoms with van der Waals surface area (Å²) in [6, 6.07) is 5.69. The molecule has 21 heavy (non-hydrogen) atoms. The lowest BCUT2D eigenvalue weighted by molar-refractivity contribution is -0.139. The number of benzene rings is 1. The molecule has 1 aromatic carbocycles. The molecule has 0 N–H and O–H groups in total. The molecule has 0 unspecified atom stereocenters. The second-order valence-electron chi connectivity index (χ2n) is 4.96. The number of carbonyl (C=O) groups is 1. The molecule has 6 heteroatoms. The highest BCUT2D eigenvalue weighted by Crippen LogP contribution is 2.26. The van der Waals surface area contributed by atoms with Crippen molar-refractivity contribution in [2.75, 3.05) is 21.2 Å². The third kappa shape index (κ3) is 3.33. The van der Waals surface area contributed by atoms with Crippen LogP contribution in [-0.2, 0) is 23.0 Å². The van der Waals surface area contributed by atoms with Crippen molar-refractivity contribution >= 4 is 34.3 Å². The number of hydrogen-bond acceptors (Lipinski definition) is 4. The Labute approximate surface area is 129 Å². The Hall–Kier alpha value is -2.08. The van der Waals surface area contributed by atoms with Gasteiger partial charge in [0.15, 0.2) is 0 Å². The van der Waals surface area contributed by atoms with Crippen LogP contribution in [0.1, 0.15) is 5.56 Å². The molecule has 0 atom stereocenters. The highest BCUT2D eigenvalue weighted by molar-refractivity contribution is 7.80. The van der Waals surface area contributed by atoms with E-state index in [1.165, 1.54) is 7.11 Å². The van der Waals surface area contributed by atoms with Crippen LogP contribution >= 0.6 is 12.2 Å². The van der Waals surface area contributed by atoms with Crippen molar-refractivity contribution in [3.63, 3.8) is 0 Å². The molecule has 0 aliphatic rings. The largest absolute Gasteiger partial charge is 0.469 e. The second-order valence-corrected chi connectivity index (χ2v) is 5.31. The number of aromatic nitrogens is 1. The van der Waals surface area contributed by atoms with Crippen LogP contribution < -0.4 is 4.74 Å². The molecule has 0 saturated carbocycles. The van der Waals surface area contributed by atoms with Gasteiger partial charge in [0.1, 0.15) is 5.75 Å². The lowest BCUT2D eigenvalue weighted by Gasteiger charge is -2.14. The van der Waals surface area contributed by atoms with E-state index in [1.807, 2.05) is 50.1 Å². The minimum absolute atomic E-state index is 0.253. The van der Waals surface area contributed by atoms with E-state index in [2.05, 4.69) is 0 Å². The van der Waals surface area contributed by atoms with Crippen LogP contribution in [0.25, 0.3) is 10.9 Å². The number of carbonyl (C=O) groups excluding carboxylic acids is 1. The fraction of sp³-hybridized carbons (Fsp3) is 0.333. The van der Waals surface area contributed by atoms with Gasteiger partial charge in [0, 0.05) is 38.8 Å². The van der Waals surface area contributed by atoms with E-state index in [1.54, 1.807) is 4.90 Å². The van der Waals surface area contributed by atoms with Gasteiger partial charge in [-0.05, 0) is 29.9 Å². The summed E-state index contributed by atoms with van der Waals surface area (Å²) >= 11 is 5.13. The van der Waals surface area contributed by atoms with Crippen molar-refractivity contribution in [1.82, 2.24) is 9.47 Å². The van der Waals surface area contributed by atoms with Crippen molar-refractivity contribution in [2.45, 2.75) is 6.42 Å². The first-order chi connectivity index (χ1) is 9.92. The Morgan fingerprint density at radius 2 is 2.10 bits per heavy atom. The van der Waals surface area contributed by atoms with Gasteiger partial charge in [-0.25, -0.2) is 0 Å². The van der Waals surface area contributed by atoms with Gasteiger partial charge in [0.2, 0.25) is 0 Å². The monoisotopic (exact) mass is 306 g/mol. The maximum atomic E-state index is 11.4. The van der Waals surface area contributed by atoms with E-state index in [-0.39, 0.29) is 12.4 Å². The minimum Gasteiger partial charge on any atom is -0.469 e. The number of fused-ring (bicyclic) bond motifs is 1. The third-order valence-electron chi connectivity index (χ3n) is 3.18. The van der Waals surface area contributed by atoms with E-state index in [4.69, 9.17) is 21.7 Å². The molecule has 0 aliphatic carbocycles. The van der Waals surface area contributed by atoms with Crippen LogP contribution in [0.15, 0.2) is 24.4 Å². The van der Waals surface area contributed by atoms with Gasteiger partial charge < -0.3 is 18.9 Å². The van der Waals surface area contributed by atoms with Crippen molar-refractivity contribution in [3.8, 4) is 5.75 Å². The molecule has 0 saturated heterocycles. The van der Waals surface area contributed by atoms with Crippen LogP contribution in [0.3, 0.4) is 0 Å². The molecule has 0 fully saturated rings. The second kappa shape index (κ2) is 6.13. The van der Waals surface area contributed by atoms with Crippen LogP contribution in [0.4, 0.5) is 0 Å². The Morgan fingerprint density at radius 1 is 1.38 bits per heavy atom. The fourth-order valence-electron chi connectivity index (χ4n) is 2.07. The number of hydrogen-bond donors (Lipinski definition) is 0. The normalized spacial score (nSPS) is 10.5. The van der Waals surface area contributed by atoms with Crippen LogP contribution in [0.5, 0.6) is 5.75 Å². The summed E-state index contributed by atoms with van der Waals surface area (Å²) in [4.78, 5) is 13.2. The first kappa shape index (κ1) is 15.3. The van der Waals surface area contributed by atoms with E-state index < -0.39 is 0 Å². The third-order valence-corrected chi connectivity index (χ3v) is 3.63. The molecule has 2 rings (SSSR count). The summed E-state index contributed by atoms with van der Waals surface area (Å²) in [5, 5.41) is 1.41. The first-order valence-corrected chi connectivity index (χ1v) is 6.87. The zero-order valence-corrected chi connectivity index (χ0v) is 13.4. The number of rotatable bonds is 3. The molecular weight excluding hydrogens is 288 g/mol.